The zero-order chi connectivity index (χ0) is 20.2. The van der Waals surface area contributed by atoms with E-state index in [-0.39, 0.29) is 36.9 Å². The van der Waals surface area contributed by atoms with Crippen LogP contribution < -0.4 is 15.5 Å². The molecular formula is C23H23N3O2S. The van der Waals surface area contributed by atoms with Crippen molar-refractivity contribution in [1.82, 2.24) is 5.32 Å². The standard InChI is InChI=1S/C23H23N3O2S/c1-16-14-21(27)25-18-10-5-6-11-19(18)26(16)22(28)15-24-23(20-12-7-13-29-20)17-8-3-2-4-9-17/h2-13,16,23-24H,14-15H2,1H3,(H,25,27)/t16-,23-/m1/s1. The second-order valence-corrected chi connectivity index (χ2v) is 8.10. The molecule has 2 atom stereocenters. The summed E-state index contributed by atoms with van der Waals surface area (Å²) >= 11 is 1.66. The molecule has 0 bridgehead atoms. The molecule has 2 amide bonds. The van der Waals surface area contributed by atoms with Gasteiger partial charge in [-0.25, -0.2) is 0 Å². The van der Waals surface area contributed by atoms with Crippen molar-refractivity contribution in [3.05, 3.63) is 82.6 Å². The molecule has 4 rings (SSSR count). The van der Waals surface area contributed by atoms with Crippen molar-refractivity contribution in [1.29, 1.82) is 0 Å². The fraction of sp³-hybridized carbons (Fsp3) is 0.217. The third kappa shape index (κ3) is 4.23. The van der Waals surface area contributed by atoms with Gasteiger partial charge in [0.15, 0.2) is 0 Å². The molecule has 3 aromatic rings. The number of nitrogens with zero attached hydrogens (tertiary/aromatic N) is 1. The largest absolute Gasteiger partial charge is 0.324 e. The second-order valence-electron chi connectivity index (χ2n) is 7.12. The van der Waals surface area contributed by atoms with E-state index in [1.165, 1.54) is 0 Å². The first kappa shape index (κ1) is 19.4. The summed E-state index contributed by atoms with van der Waals surface area (Å²) in [5.41, 5.74) is 2.53. The molecule has 1 aromatic heterocycles. The van der Waals surface area contributed by atoms with Crippen LogP contribution in [0.5, 0.6) is 0 Å². The van der Waals surface area contributed by atoms with Gasteiger partial charge in [0.05, 0.1) is 24.0 Å². The Morgan fingerprint density at radius 1 is 1.14 bits per heavy atom. The van der Waals surface area contributed by atoms with Gasteiger partial charge in [-0.15, -0.1) is 11.3 Å². The van der Waals surface area contributed by atoms with Crippen LogP contribution in [0, 0.1) is 0 Å². The quantitative estimate of drug-likeness (QED) is 0.669. The number of carbonyl (C=O) groups excluding carboxylic acids is 2. The smallest absolute Gasteiger partial charge is 0.241 e. The number of benzene rings is 2. The minimum absolute atomic E-state index is 0.0565. The zero-order valence-corrected chi connectivity index (χ0v) is 17.0. The van der Waals surface area contributed by atoms with Gasteiger partial charge >= 0.3 is 0 Å². The highest BCUT2D eigenvalue weighted by Gasteiger charge is 2.29. The number of fused-ring (bicyclic) bond motifs is 1. The number of thiophene rings is 1. The first-order valence-corrected chi connectivity index (χ1v) is 10.5. The van der Waals surface area contributed by atoms with Crippen LogP contribution >= 0.6 is 11.3 Å². The average Bonchev–Trinajstić information content (AvgIpc) is 3.20. The van der Waals surface area contributed by atoms with Crippen molar-refractivity contribution in [2.45, 2.75) is 25.4 Å². The zero-order valence-electron chi connectivity index (χ0n) is 16.2. The molecule has 2 heterocycles. The predicted octanol–water partition coefficient (Wildman–Crippen LogP) is 4.19. The molecule has 0 aliphatic carbocycles. The number of hydrogen-bond donors (Lipinski definition) is 2. The van der Waals surface area contributed by atoms with E-state index in [1.54, 1.807) is 16.2 Å². The summed E-state index contributed by atoms with van der Waals surface area (Å²) in [4.78, 5) is 28.3. The maximum absolute atomic E-state index is 13.3. The van der Waals surface area contributed by atoms with Crippen LogP contribution in [0.4, 0.5) is 11.4 Å². The molecule has 0 spiro atoms. The van der Waals surface area contributed by atoms with Crippen LogP contribution in [-0.2, 0) is 9.59 Å². The van der Waals surface area contributed by atoms with E-state index in [1.807, 2.05) is 60.8 Å². The Kier molecular flexibility index (Phi) is 5.74. The van der Waals surface area contributed by atoms with Gasteiger partial charge in [-0.1, -0.05) is 48.5 Å². The Morgan fingerprint density at radius 2 is 1.90 bits per heavy atom. The summed E-state index contributed by atoms with van der Waals surface area (Å²) in [6.45, 7) is 2.08. The molecule has 0 radical (unpaired) electrons. The summed E-state index contributed by atoms with van der Waals surface area (Å²) in [7, 11) is 0. The highest BCUT2D eigenvalue weighted by molar-refractivity contribution is 7.10. The fourth-order valence-electron chi connectivity index (χ4n) is 3.73. The first-order chi connectivity index (χ1) is 14.1. The molecule has 148 valence electrons. The maximum Gasteiger partial charge on any atom is 0.241 e. The first-order valence-electron chi connectivity index (χ1n) is 9.66. The van der Waals surface area contributed by atoms with Crippen molar-refractivity contribution in [2.75, 3.05) is 16.8 Å². The Morgan fingerprint density at radius 3 is 2.66 bits per heavy atom. The number of rotatable bonds is 5. The molecule has 0 saturated heterocycles. The minimum Gasteiger partial charge on any atom is -0.324 e. The molecule has 1 aliphatic rings. The van der Waals surface area contributed by atoms with Gasteiger partial charge in [0.1, 0.15) is 0 Å². The number of amides is 2. The lowest BCUT2D eigenvalue weighted by molar-refractivity contribution is -0.118. The van der Waals surface area contributed by atoms with Crippen molar-refractivity contribution in [2.24, 2.45) is 0 Å². The molecule has 29 heavy (non-hydrogen) atoms. The number of para-hydroxylation sites is 2. The highest BCUT2D eigenvalue weighted by Crippen LogP contribution is 2.31. The summed E-state index contributed by atoms with van der Waals surface area (Å²) in [5.74, 6) is -0.132. The number of hydrogen-bond acceptors (Lipinski definition) is 4. The molecule has 0 saturated carbocycles. The van der Waals surface area contributed by atoms with E-state index in [4.69, 9.17) is 0 Å². The molecule has 2 N–H and O–H groups in total. The molecule has 0 fully saturated rings. The molecule has 5 nitrogen and oxygen atoms in total. The molecule has 6 heteroatoms. The van der Waals surface area contributed by atoms with E-state index in [9.17, 15) is 9.59 Å². The van der Waals surface area contributed by atoms with Gasteiger partial charge in [0.2, 0.25) is 11.8 Å². The number of nitrogens with one attached hydrogen (secondary N) is 2. The Bertz CT molecular complexity index is 988. The highest BCUT2D eigenvalue weighted by atomic mass is 32.1. The predicted molar refractivity (Wildman–Crippen MR) is 117 cm³/mol. The Hall–Kier alpha value is -2.96. The van der Waals surface area contributed by atoms with Crippen molar-refractivity contribution < 1.29 is 9.59 Å². The summed E-state index contributed by atoms with van der Waals surface area (Å²) in [6, 6.07) is 21.4. The summed E-state index contributed by atoms with van der Waals surface area (Å²) < 4.78 is 0. The molecule has 1 aliphatic heterocycles. The topological polar surface area (TPSA) is 61.4 Å². The van der Waals surface area contributed by atoms with Crippen molar-refractivity contribution in [3.63, 3.8) is 0 Å². The third-order valence-corrected chi connectivity index (χ3v) is 5.98. The van der Waals surface area contributed by atoms with Gasteiger partial charge in [-0.3, -0.25) is 14.9 Å². The lowest BCUT2D eigenvalue weighted by atomic mass is 10.1. The van der Waals surface area contributed by atoms with Gasteiger partial charge in [0, 0.05) is 17.3 Å². The average molecular weight is 406 g/mol. The van der Waals surface area contributed by atoms with Crippen molar-refractivity contribution in [3.8, 4) is 0 Å². The van der Waals surface area contributed by atoms with Crippen LogP contribution in [-0.4, -0.2) is 24.4 Å². The summed E-state index contributed by atoms with van der Waals surface area (Å²) in [5, 5.41) is 8.37. The monoisotopic (exact) mass is 405 g/mol. The normalized spacial score (nSPS) is 17.2. The van der Waals surface area contributed by atoms with Gasteiger partial charge in [-0.05, 0) is 36.1 Å². The lowest BCUT2D eigenvalue weighted by Gasteiger charge is -2.29. The second kappa shape index (κ2) is 8.59. The molecule has 2 aromatic carbocycles. The SMILES string of the molecule is C[C@@H]1CC(=O)Nc2ccccc2N1C(=O)CN[C@H](c1ccccc1)c1cccs1. The fourth-order valence-corrected chi connectivity index (χ4v) is 4.55. The van der Waals surface area contributed by atoms with Crippen LogP contribution in [0.3, 0.4) is 0 Å². The Labute approximate surface area is 174 Å². The van der Waals surface area contributed by atoms with Crippen LogP contribution in [0.1, 0.15) is 29.8 Å². The van der Waals surface area contributed by atoms with E-state index in [0.29, 0.717) is 5.69 Å². The van der Waals surface area contributed by atoms with E-state index in [0.717, 1.165) is 16.1 Å². The third-order valence-electron chi connectivity index (χ3n) is 5.05. The van der Waals surface area contributed by atoms with Gasteiger partial charge in [-0.2, -0.15) is 0 Å². The van der Waals surface area contributed by atoms with Gasteiger partial charge < -0.3 is 10.2 Å². The van der Waals surface area contributed by atoms with Crippen molar-refractivity contribution >= 4 is 34.5 Å². The van der Waals surface area contributed by atoms with Crippen LogP contribution in [0.15, 0.2) is 72.1 Å². The van der Waals surface area contributed by atoms with E-state index in [2.05, 4.69) is 28.8 Å². The Balaban J connectivity index is 1.57. The lowest BCUT2D eigenvalue weighted by Crippen LogP contribution is -2.44. The molecule has 0 unspecified atom stereocenters. The van der Waals surface area contributed by atoms with Crippen LogP contribution in [0.2, 0.25) is 0 Å². The number of anilines is 2. The maximum atomic E-state index is 13.3. The number of carbonyl (C=O) groups is 2. The van der Waals surface area contributed by atoms with E-state index >= 15 is 0 Å². The van der Waals surface area contributed by atoms with E-state index < -0.39 is 0 Å². The molecular weight excluding hydrogens is 382 g/mol. The van der Waals surface area contributed by atoms with Crippen LogP contribution in [0.25, 0.3) is 0 Å². The minimum atomic E-state index is -0.218. The summed E-state index contributed by atoms with van der Waals surface area (Å²) in [6.07, 6.45) is 0.271. The van der Waals surface area contributed by atoms with Gasteiger partial charge in [0.25, 0.3) is 0 Å².